The van der Waals surface area contributed by atoms with Crippen LogP contribution in [0, 0.1) is 0 Å². The summed E-state index contributed by atoms with van der Waals surface area (Å²) in [5.74, 6) is 0. The van der Waals surface area contributed by atoms with Crippen LogP contribution in [-0.2, 0) is 0 Å². The van der Waals surface area contributed by atoms with Crippen molar-refractivity contribution in [2.45, 2.75) is 60.9 Å². The maximum Gasteiger partial charge on any atom is 0.0220 e. The lowest BCUT2D eigenvalue weighted by Gasteiger charge is -2.40. The largest absolute Gasteiger partial charge is 0.301 e. The van der Waals surface area contributed by atoms with E-state index in [0.29, 0.717) is 0 Å². The van der Waals surface area contributed by atoms with E-state index in [1.54, 1.807) is 0 Å². The van der Waals surface area contributed by atoms with Gasteiger partial charge in [-0.1, -0.05) is 48.5 Å². The normalized spacial score (nSPS) is 21.6. The molecule has 100 valence electrons. The topological polar surface area (TPSA) is 6.48 Å². The Morgan fingerprint density at radius 3 is 1.81 bits per heavy atom. The number of rotatable bonds is 3. The zero-order valence-electron chi connectivity index (χ0n) is 12.7. The van der Waals surface area contributed by atoms with E-state index in [2.05, 4.69) is 30.6 Å². The molecule has 0 aliphatic carbocycles. The van der Waals surface area contributed by atoms with Crippen molar-refractivity contribution in [1.82, 2.24) is 9.80 Å². The van der Waals surface area contributed by atoms with Crippen LogP contribution in [0.2, 0.25) is 0 Å². The third-order valence-corrected chi connectivity index (χ3v) is 3.01. The van der Waals surface area contributed by atoms with Crippen LogP contribution in [0.4, 0.5) is 0 Å². The van der Waals surface area contributed by atoms with E-state index in [9.17, 15) is 0 Å². The Bertz CT molecular complexity index is 126. The summed E-state index contributed by atoms with van der Waals surface area (Å²) in [5, 5.41) is 0. The van der Waals surface area contributed by atoms with Gasteiger partial charge in [-0.15, -0.1) is 0 Å². The molecule has 1 heterocycles. The van der Waals surface area contributed by atoms with Crippen LogP contribution in [0.15, 0.2) is 0 Å². The molecule has 1 unspecified atom stereocenters. The van der Waals surface area contributed by atoms with E-state index in [4.69, 9.17) is 0 Å². The molecule has 1 aliphatic rings. The predicted molar refractivity (Wildman–Crippen MR) is 76.1 cm³/mol. The van der Waals surface area contributed by atoms with Crippen LogP contribution in [0.1, 0.15) is 54.9 Å². The van der Waals surface area contributed by atoms with Gasteiger partial charge < -0.3 is 4.90 Å². The van der Waals surface area contributed by atoms with Gasteiger partial charge in [0.2, 0.25) is 0 Å². The minimum absolute atomic E-state index is 0.809. The zero-order valence-corrected chi connectivity index (χ0v) is 12.7. The molecule has 1 rings (SSSR count). The third-order valence-electron chi connectivity index (χ3n) is 3.01. The highest BCUT2D eigenvalue weighted by Crippen LogP contribution is 2.11. The van der Waals surface area contributed by atoms with Crippen molar-refractivity contribution in [2.75, 3.05) is 32.7 Å². The SMILES string of the molecule is CC.CC.CCC1CN(CC)CCN1CC. The standard InChI is InChI=1S/C10H22N2.2C2H6/c1-4-10-9-11(5-2)7-8-12(10)6-3;2*1-2/h10H,4-9H2,1-3H3;2*1-2H3. The second-order valence-corrected chi connectivity index (χ2v) is 3.58. The molecule has 0 aromatic heterocycles. The lowest BCUT2D eigenvalue weighted by molar-refractivity contribution is 0.0800. The molecule has 0 bridgehead atoms. The Labute approximate surface area is 104 Å². The van der Waals surface area contributed by atoms with E-state index in [1.165, 1.54) is 39.1 Å². The summed E-state index contributed by atoms with van der Waals surface area (Å²) in [6.07, 6.45) is 1.30. The van der Waals surface area contributed by atoms with Crippen molar-refractivity contribution >= 4 is 0 Å². The molecule has 2 heteroatoms. The first-order valence-corrected chi connectivity index (χ1v) is 7.28. The number of hydrogen-bond acceptors (Lipinski definition) is 2. The molecule has 1 saturated heterocycles. The summed E-state index contributed by atoms with van der Waals surface area (Å²) in [6, 6.07) is 0.809. The Balaban J connectivity index is 0. The molecule has 0 amide bonds. The van der Waals surface area contributed by atoms with Gasteiger partial charge in [0.25, 0.3) is 0 Å². The Morgan fingerprint density at radius 2 is 1.44 bits per heavy atom. The predicted octanol–water partition coefficient (Wildman–Crippen LogP) is 3.47. The van der Waals surface area contributed by atoms with Crippen LogP contribution in [-0.4, -0.2) is 48.6 Å². The van der Waals surface area contributed by atoms with Crippen molar-refractivity contribution in [1.29, 1.82) is 0 Å². The van der Waals surface area contributed by atoms with Gasteiger partial charge in [-0.2, -0.15) is 0 Å². The van der Waals surface area contributed by atoms with Crippen LogP contribution in [0.5, 0.6) is 0 Å². The van der Waals surface area contributed by atoms with Crippen molar-refractivity contribution in [3.8, 4) is 0 Å². The smallest absolute Gasteiger partial charge is 0.0220 e. The minimum atomic E-state index is 0.809. The maximum atomic E-state index is 2.60. The van der Waals surface area contributed by atoms with E-state index in [-0.39, 0.29) is 0 Å². The van der Waals surface area contributed by atoms with Crippen LogP contribution in [0.3, 0.4) is 0 Å². The van der Waals surface area contributed by atoms with Crippen molar-refractivity contribution in [3.05, 3.63) is 0 Å². The summed E-state index contributed by atoms with van der Waals surface area (Å²) in [4.78, 5) is 5.16. The molecule has 1 aliphatic heterocycles. The average molecular weight is 230 g/mol. The first-order chi connectivity index (χ1) is 7.81. The Morgan fingerprint density at radius 1 is 0.875 bits per heavy atom. The Kier molecular flexibility index (Phi) is 14.8. The summed E-state index contributed by atoms with van der Waals surface area (Å²) < 4.78 is 0. The van der Waals surface area contributed by atoms with Crippen LogP contribution < -0.4 is 0 Å². The molecule has 16 heavy (non-hydrogen) atoms. The second-order valence-electron chi connectivity index (χ2n) is 3.58. The molecule has 0 aromatic carbocycles. The van der Waals surface area contributed by atoms with Crippen molar-refractivity contribution in [3.63, 3.8) is 0 Å². The lowest BCUT2D eigenvalue weighted by Crippen LogP contribution is -2.52. The van der Waals surface area contributed by atoms with Gasteiger partial charge in [-0.3, -0.25) is 4.90 Å². The van der Waals surface area contributed by atoms with E-state index >= 15 is 0 Å². The fraction of sp³-hybridized carbons (Fsp3) is 1.00. The summed E-state index contributed by atoms with van der Waals surface area (Å²) in [7, 11) is 0. The highest BCUT2D eigenvalue weighted by molar-refractivity contribution is 4.79. The molecule has 1 fully saturated rings. The highest BCUT2D eigenvalue weighted by atomic mass is 15.3. The highest BCUT2D eigenvalue weighted by Gasteiger charge is 2.22. The fourth-order valence-corrected chi connectivity index (χ4v) is 2.05. The van der Waals surface area contributed by atoms with E-state index in [1.807, 2.05) is 27.7 Å². The number of hydrogen-bond donors (Lipinski definition) is 0. The molecule has 0 saturated carbocycles. The molecule has 0 radical (unpaired) electrons. The monoisotopic (exact) mass is 230 g/mol. The molecule has 0 N–H and O–H groups in total. The first-order valence-electron chi connectivity index (χ1n) is 7.28. The molecule has 1 atom stereocenters. The second kappa shape index (κ2) is 13.0. The van der Waals surface area contributed by atoms with Crippen LogP contribution >= 0.6 is 0 Å². The van der Waals surface area contributed by atoms with Crippen molar-refractivity contribution < 1.29 is 0 Å². The van der Waals surface area contributed by atoms with E-state index in [0.717, 1.165) is 6.04 Å². The van der Waals surface area contributed by atoms with Gasteiger partial charge in [-0.25, -0.2) is 0 Å². The Hall–Kier alpha value is -0.0800. The van der Waals surface area contributed by atoms with Gasteiger partial charge >= 0.3 is 0 Å². The molecular formula is C14H34N2. The van der Waals surface area contributed by atoms with Crippen LogP contribution in [0.25, 0.3) is 0 Å². The number of piperazine rings is 1. The molecule has 0 aromatic rings. The molecular weight excluding hydrogens is 196 g/mol. The summed E-state index contributed by atoms with van der Waals surface area (Å²) in [5.41, 5.74) is 0. The molecule has 0 spiro atoms. The van der Waals surface area contributed by atoms with Gasteiger partial charge in [-0.05, 0) is 19.5 Å². The van der Waals surface area contributed by atoms with Gasteiger partial charge in [0.1, 0.15) is 0 Å². The van der Waals surface area contributed by atoms with E-state index < -0.39 is 0 Å². The number of nitrogens with zero attached hydrogens (tertiary/aromatic N) is 2. The number of likely N-dealkylation sites (N-methyl/N-ethyl adjacent to an activating group) is 2. The quantitative estimate of drug-likeness (QED) is 0.732. The van der Waals surface area contributed by atoms with Crippen molar-refractivity contribution in [2.24, 2.45) is 0 Å². The lowest BCUT2D eigenvalue weighted by atomic mass is 10.1. The average Bonchev–Trinajstić information content (AvgIpc) is 2.42. The fourth-order valence-electron chi connectivity index (χ4n) is 2.05. The van der Waals surface area contributed by atoms with Gasteiger partial charge in [0.15, 0.2) is 0 Å². The zero-order chi connectivity index (χ0) is 13.0. The summed E-state index contributed by atoms with van der Waals surface area (Å²) >= 11 is 0. The first kappa shape index (κ1) is 18.3. The maximum absolute atomic E-state index is 2.60. The van der Waals surface area contributed by atoms with Gasteiger partial charge in [0, 0.05) is 25.7 Å². The summed E-state index contributed by atoms with van der Waals surface area (Å²) in [6.45, 7) is 21.1. The minimum Gasteiger partial charge on any atom is -0.301 e. The van der Waals surface area contributed by atoms with Gasteiger partial charge in [0.05, 0.1) is 0 Å². The third kappa shape index (κ3) is 6.49. The molecule has 2 nitrogen and oxygen atoms in total.